The molecule has 2 rings (SSSR count). The Morgan fingerprint density at radius 2 is 2.18 bits per heavy atom. The van der Waals surface area contributed by atoms with Crippen LogP contribution in [0.15, 0.2) is 6.33 Å². The highest BCUT2D eigenvalue weighted by Gasteiger charge is 2.09. The zero-order valence-corrected chi connectivity index (χ0v) is 10.5. The lowest BCUT2D eigenvalue weighted by Crippen LogP contribution is -2.17. The molecule has 0 saturated carbocycles. The van der Waals surface area contributed by atoms with Crippen LogP contribution in [0.5, 0.6) is 0 Å². The molecule has 0 spiro atoms. The Morgan fingerprint density at radius 3 is 2.88 bits per heavy atom. The summed E-state index contributed by atoms with van der Waals surface area (Å²) in [6.07, 6.45) is 3.38. The standard InChI is InChI=1S/C10H13ClN6/c1-3-17(4-2)6-14-10-15-8(11)7-9(16-10)13-5-12-7/h5-6H,3-4H2,1-2H3,(H,12,13,15,16)/p+1. The van der Waals surface area contributed by atoms with Crippen molar-refractivity contribution in [2.75, 3.05) is 18.4 Å². The lowest BCUT2D eigenvalue weighted by atomic mass is 10.5. The molecule has 0 amide bonds. The van der Waals surface area contributed by atoms with E-state index in [2.05, 4.69) is 43.7 Å². The molecule has 7 heteroatoms. The van der Waals surface area contributed by atoms with Crippen LogP contribution in [0.2, 0.25) is 5.15 Å². The van der Waals surface area contributed by atoms with Crippen molar-refractivity contribution in [2.45, 2.75) is 13.8 Å². The number of hydrogen-bond acceptors (Lipinski definition) is 3. The van der Waals surface area contributed by atoms with E-state index < -0.39 is 0 Å². The molecule has 2 heterocycles. The first-order valence-corrected chi connectivity index (χ1v) is 5.83. The molecule has 17 heavy (non-hydrogen) atoms. The van der Waals surface area contributed by atoms with E-state index >= 15 is 0 Å². The molecule has 0 atom stereocenters. The van der Waals surface area contributed by atoms with Crippen LogP contribution in [0.4, 0.5) is 5.95 Å². The highest BCUT2D eigenvalue weighted by atomic mass is 35.5. The normalized spacial score (nSPS) is 10.5. The maximum absolute atomic E-state index is 6.00. The summed E-state index contributed by atoms with van der Waals surface area (Å²) in [7, 11) is 0. The number of rotatable bonds is 4. The van der Waals surface area contributed by atoms with Crippen LogP contribution >= 0.6 is 11.6 Å². The van der Waals surface area contributed by atoms with Crippen LogP contribution in [-0.2, 0) is 0 Å². The number of fused-ring (bicyclic) bond motifs is 1. The second-order valence-corrected chi connectivity index (χ2v) is 3.79. The first-order valence-electron chi connectivity index (χ1n) is 5.45. The largest absolute Gasteiger partial charge is 0.341 e. The molecule has 0 aliphatic carbocycles. The van der Waals surface area contributed by atoms with E-state index in [-0.39, 0.29) is 0 Å². The number of halogens is 1. The van der Waals surface area contributed by atoms with Gasteiger partial charge >= 0.3 is 5.95 Å². The number of H-pyrrole nitrogens is 1. The summed E-state index contributed by atoms with van der Waals surface area (Å²) in [4.78, 5) is 15.3. The van der Waals surface area contributed by atoms with Gasteiger partial charge in [-0.3, -0.25) is 4.58 Å². The lowest BCUT2D eigenvalue weighted by Gasteiger charge is -1.99. The van der Waals surface area contributed by atoms with Crippen LogP contribution in [0.25, 0.3) is 11.2 Å². The maximum Gasteiger partial charge on any atom is 0.322 e. The summed E-state index contributed by atoms with van der Waals surface area (Å²) >= 11 is 6.00. The number of anilines is 1. The van der Waals surface area contributed by atoms with Crippen molar-refractivity contribution >= 4 is 35.1 Å². The monoisotopic (exact) mass is 253 g/mol. The lowest BCUT2D eigenvalue weighted by molar-refractivity contribution is -0.516. The van der Waals surface area contributed by atoms with Gasteiger partial charge in [0.05, 0.1) is 19.4 Å². The molecule has 6 nitrogen and oxygen atoms in total. The average Bonchev–Trinajstić information content (AvgIpc) is 2.79. The summed E-state index contributed by atoms with van der Waals surface area (Å²) in [5.74, 6) is 0.446. The molecular formula is C10H14ClN6+. The minimum atomic E-state index is 0.364. The zero-order chi connectivity index (χ0) is 12.3. The smallest absolute Gasteiger partial charge is 0.322 e. The van der Waals surface area contributed by atoms with Crippen molar-refractivity contribution in [1.29, 1.82) is 0 Å². The van der Waals surface area contributed by atoms with Crippen molar-refractivity contribution < 1.29 is 4.58 Å². The van der Waals surface area contributed by atoms with Crippen LogP contribution < -0.4 is 5.32 Å². The van der Waals surface area contributed by atoms with Crippen LogP contribution in [-0.4, -0.2) is 43.9 Å². The Morgan fingerprint density at radius 1 is 1.41 bits per heavy atom. The molecule has 0 aliphatic heterocycles. The third-order valence-electron chi connectivity index (χ3n) is 2.43. The van der Waals surface area contributed by atoms with Gasteiger partial charge < -0.3 is 4.98 Å². The Hall–Kier alpha value is -1.69. The molecule has 2 N–H and O–H groups in total. The predicted molar refractivity (Wildman–Crippen MR) is 67.7 cm³/mol. The fourth-order valence-electron chi connectivity index (χ4n) is 1.42. The topological polar surface area (TPSA) is 69.5 Å². The van der Waals surface area contributed by atoms with E-state index in [9.17, 15) is 0 Å². The SMILES string of the molecule is CC[N+](=CNc1nc(Cl)c2[nH]cnc2n1)CC. The number of nitrogens with zero attached hydrogens (tertiary/aromatic N) is 4. The Labute approximate surface area is 104 Å². The Kier molecular flexibility index (Phi) is 3.53. The van der Waals surface area contributed by atoms with Crippen molar-refractivity contribution in [2.24, 2.45) is 0 Å². The third-order valence-corrected chi connectivity index (χ3v) is 2.70. The first-order chi connectivity index (χ1) is 8.24. The second-order valence-electron chi connectivity index (χ2n) is 3.43. The van der Waals surface area contributed by atoms with E-state index in [1.165, 1.54) is 0 Å². The molecule has 0 radical (unpaired) electrons. The number of imidazole rings is 1. The summed E-state index contributed by atoms with van der Waals surface area (Å²) < 4.78 is 2.09. The number of aromatic nitrogens is 4. The molecule has 0 unspecified atom stereocenters. The maximum atomic E-state index is 6.00. The molecular weight excluding hydrogens is 240 g/mol. The molecule has 90 valence electrons. The van der Waals surface area contributed by atoms with Crippen molar-refractivity contribution in [3.8, 4) is 0 Å². The number of hydrogen-bond donors (Lipinski definition) is 2. The van der Waals surface area contributed by atoms with Gasteiger partial charge in [-0.2, -0.15) is 9.97 Å². The van der Waals surface area contributed by atoms with E-state index in [0.29, 0.717) is 22.3 Å². The fraction of sp³-hybridized carbons (Fsp3) is 0.400. The van der Waals surface area contributed by atoms with Gasteiger partial charge in [0.2, 0.25) is 6.34 Å². The van der Waals surface area contributed by atoms with Gasteiger partial charge in [-0.15, -0.1) is 0 Å². The minimum Gasteiger partial charge on any atom is -0.341 e. The highest BCUT2D eigenvalue weighted by molar-refractivity contribution is 6.33. The molecule has 0 bridgehead atoms. The third kappa shape index (κ3) is 2.52. The molecule has 0 aliphatic rings. The van der Waals surface area contributed by atoms with E-state index in [1.54, 1.807) is 6.33 Å². The Balaban J connectivity index is 2.27. The van der Waals surface area contributed by atoms with Gasteiger partial charge in [0.25, 0.3) is 0 Å². The van der Waals surface area contributed by atoms with Gasteiger partial charge in [-0.1, -0.05) is 11.6 Å². The first kappa shape index (κ1) is 11.8. The quantitative estimate of drug-likeness (QED) is 0.375. The van der Waals surface area contributed by atoms with Crippen molar-refractivity contribution in [3.63, 3.8) is 0 Å². The number of aromatic amines is 1. The fourth-order valence-corrected chi connectivity index (χ4v) is 1.64. The summed E-state index contributed by atoms with van der Waals surface area (Å²) in [6, 6.07) is 0. The van der Waals surface area contributed by atoms with Crippen molar-refractivity contribution in [3.05, 3.63) is 11.5 Å². The Bertz CT molecular complexity index is 541. The molecule has 2 aromatic heterocycles. The zero-order valence-electron chi connectivity index (χ0n) is 9.74. The van der Waals surface area contributed by atoms with Gasteiger partial charge in [-0.25, -0.2) is 10.3 Å². The average molecular weight is 254 g/mol. The molecule has 0 saturated heterocycles. The van der Waals surface area contributed by atoms with Gasteiger partial charge in [0.1, 0.15) is 5.52 Å². The van der Waals surface area contributed by atoms with Gasteiger partial charge in [0, 0.05) is 0 Å². The number of nitrogens with one attached hydrogen (secondary N) is 2. The van der Waals surface area contributed by atoms with Gasteiger partial charge in [0.15, 0.2) is 10.8 Å². The highest BCUT2D eigenvalue weighted by Crippen LogP contribution is 2.17. The molecule has 0 aromatic carbocycles. The molecule has 0 fully saturated rings. The van der Waals surface area contributed by atoms with Crippen LogP contribution in [0.3, 0.4) is 0 Å². The van der Waals surface area contributed by atoms with Crippen molar-refractivity contribution in [1.82, 2.24) is 19.9 Å². The van der Waals surface area contributed by atoms with E-state index in [4.69, 9.17) is 11.6 Å². The van der Waals surface area contributed by atoms with E-state index in [1.807, 2.05) is 6.34 Å². The van der Waals surface area contributed by atoms with Crippen LogP contribution in [0, 0.1) is 0 Å². The van der Waals surface area contributed by atoms with E-state index in [0.717, 1.165) is 13.1 Å². The van der Waals surface area contributed by atoms with Crippen LogP contribution in [0.1, 0.15) is 13.8 Å². The molecule has 2 aromatic rings. The summed E-state index contributed by atoms with van der Waals surface area (Å²) in [5, 5.41) is 3.37. The predicted octanol–water partition coefficient (Wildman–Crippen LogP) is 1.50. The van der Waals surface area contributed by atoms with Gasteiger partial charge in [-0.05, 0) is 13.8 Å². The summed E-state index contributed by atoms with van der Waals surface area (Å²) in [6.45, 7) is 5.99. The minimum absolute atomic E-state index is 0.364. The second kappa shape index (κ2) is 5.09. The summed E-state index contributed by atoms with van der Waals surface area (Å²) in [5.41, 5.74) is 1.21.